The molecule has 0 aliphatic carbocycles. The largest absolute Gasteiger partial charge is 0.508 e. The molecule has 3 aromatic carbocycles. The van der Waals surface area contributed by atoms with Crippen LogP contribution in [0, 0.1) is 11.3 Å². The van der Waals surface area contributed by atoms with Gasteiger partial charge in [0.1, 0.15) is 5.75 Å². The van der Waals surface area contributed by atoms with Crippen LogP contribution in [0.5, 0.6) is 5.75 Å². The molecule has 6 nitrogen and oxygen atoms in total. The topological polar surface area (TPSA) is 79.6 Å². The first-order chi connectivity index (χ1) is 16.6. The number of nitrogens with zero attached hydrogens (tertiary/aromatic N) is 3. The first-order valence-corrected chi connectivity index (χ1v) is 11.8. The molecule has 2 N–H and O–H groups in total. The highest BCUT2D eigenvalue weighted by molar-refractivity contribution is 5.94. The number of anilines is 1. The van der Waals surface area contributed by atoms with Gasteiger partial charge in [-0.1, -0.05) is 30.3 Å². The monoisotopic (exact) mass is 454 g/mol. The number of carbonyl (C=O) groups is 1. The van der Waals surface area contributed by atoms with Crippen molar-refractivity contribution in [2.75, 3.05) is 44.2 Å². The summed E-state index contributed by atoms with van der Waals surface area (Å²) in [4.78, 5) is 17.2. The number of piperazine rings is 1. The molecule has 1 fully saturated rings. The lowest BCUT2D eigenvalue weighted by Crippen LogP contribution is -2.46. The number of hydrogen-bond donors (Lipinski definition) is 2. The first kappa shape index (κ1) is 23.3. The zero-order valence-corrected chi connectivity index (χ0v) is 19.3. The van der Waals surface area contributed by atoms with Crippen LogP contribution in [0.2, 0.25) is 0 Å². The second-order valence-electron chi connectivity index (χ2n) is 8.58. The fraction of sp³-hybridized carbons (Fsp3) is 0.286. The lowest BCUT2D eigenvalue weighted by Gasteiger charge is -2.36. The second-order valence-corrected chi connectivity index (χ2v) is 8.58. The van der Waals surface area contributed by atoms with Crippen molar-refractivity contribution in [3.8, 4) is 22.9 Å². The SMILES string of the molecule is N#Cc1cccc(N2CCN(CCCCNC(=O)c3ccc(-c4ccc(O)cc4)cc3)CC2)c1. The van der Waals surface area contributed by atoms with Crippen LogP contribution in [0.1, 0.15) is 28.8 Å². The summed E-state index contributed by atoms with van der Waals surface area (Å²) in [5.74, 6) is 0.190. The van der Waals surface area contributed by atoms with Crippen LogP contribution in [0.4, 0.5) is 5.69 Å². The summed E-state index contributed by atoms with van der Waals surface area (Å²) in [5, 5.41) is 21.5. The maximum absolute atomic E-state index is 12.4. The molecule has 0 aromatic heterocycles. The van der Waals surface area contributed by atoms with Crippen LogP contribution >= 0.6 is 0 Å². The zero-order valence-electron chi connectivity index (χ0n) is 19.3. The quantitative estimate of drug-likeness (QED) is 0.497. The van der Waals surface area contributed by atoms with Crippen LogP contribution in [0.3, 0.4) is 0 Å². The van der Waals surface area contributed by atoms with Crippen LogP contribution < -0.4 is 10.2 Å². The van der Waals surface area contributed by atoms with E-state index in [1.54, 1.807) is 12.1 Å². The molecule has 1 heterocycles. The molecular formula is C28H30N4O2. The van der Waals surface area contributed by atoms with E-state index >= 15 is 0 Å². The van der Waals surface area contributed by atoms with Crippen LogP contribution in [0.25, 0.3) is 11.1 Å². The Morgan fingerprint density at radius 1 is 0.912 bits per heavy atom. The van der Waals surface area contributed by atoms with Crippen molar-refractivity contribution in [1.29, 1.82) is 5.26 Å². The van der Waals surface area contributed by atoms with E-state index in [2.05, 4.69) is 27.3 Å². The summed E-state index contributed by atoms with van der Waals surface area (Å²) in [5.41, 5.74) is 4.49. The van der Waals surface area contributed by atoms with Gasteiger partial charge >= 0.3 is 0 Å². The molecule has 174 valence electrons. The van der Waals surface area contributed by atoms with Crippen molar-refractivity contribution >= 4 is 11.6 Å². The Morgan fingerprint density at radius 3 is 2.26 bits per heavy atom. The smallest absolute Gasteiger partial charge is 0.251 e. The minimum atomic E-state index is -0.0505. The number of amides is 1. The Bertz CT molecular complexity index is 1130. The molecule has 0 saturated carbocycles. The molecule has 6 heteroatoms. The number of aromatic hydroxyl groups is 1. The van der Waals surface area contributed by atoms with E-state index in [-0.39, 0.29) is 11.7 Å². The van der Waals surface area contributed by atoms with Crippen molar-refractivity contribution < 1.29 is 9.90 Å². The average Bonchev–Trinajstić information content (AvgIpc) is 2.89. The number of unbranched alkanes of at least 4 members (excludes halogenated alkanes) is 1. The van der Waals surface area contributed by atoms with Gasteiger partial charge in [-0.05, 0) is 73.0 Å². The number of hydrogen-bond acceptors (Lipinski definition) is 5. The molecule has 0 unspecified atom stereocenters. The lowest BCUT2D eigenvalue weighted by atomic mass is 10.0. The molecule has 1 aliphatic rings. The van der Waals surface area contributed by atoms with Crippen molar-refractivity contribution in [2.24, 2.45) is 0 Å². The van der Waals surface area contributed by atoms with Crippen molar-refractivity contribution in [3.63, 3.8) is 0 Å². The summed E-state index contributed by atoms with van der Waals surface area (Å²) >= 11 is 0. The summed E-state index contributed by atoms with van der Waals surface area (Å²) < 4.78 is 0. The maximum Gasteiger partial charge on any atom is 0.251 e. The fourth-order valence-electron chi connectivity index (χ4n) is 4.23. The molecule has 0 bridgehead atoms. The number of carbonyl (C=O) groups excluding carboxylic acids is 1. The summed E-state index contributed by atoms with van der Waals surface area (Å²) in [7, 11) is 0. The molecule has 0 spiro atoms. The highest BCUT2D eigenvalue weighted by Crippen LogP contribution is 2.22. The number of rotatable bonds is 8. The Balaban J connectivity index is 1.14. The van der Waals surface area contributed by atoms with E-state index in [1.165, 1.54) is 0 Å². The van der Waals surface area contributed by atoms with Gasteiger partial charge in [-0.3, -0.25) is 9.69 Å². The van der Waals surface area contributed by atoms with Gasteiger partial charge in [0, 0.05) is 44.0 Å². The van der Waals surface area contributed by atoms with Crippen molar-refractivity contribution in [3.05, 3.63) is 83.9 Å². The lowest BCUT2D eigenvalue weighted by molar-refractivity contribution is 0.0952. The molecule has 4 rings (SSSR count). The van der Waals surface area contributed by atoms with Gasteiger partial charge in [0.25, 0.3) is 5.91 Å². The number of nitriles is 1. The van der Waals surface area contributed by atoms with Gasteiger partial charge in [0.05, 0.1) is 11.6 Å². The van der Waals surface area contributed by atoms with E-state index in [9.17, 15) is 9.90 Å². The fourth-order valence-corrected chi connectivity index (χ4v) is 4.23. The standard InChI is InChI=1S/C28H30N4O2/c29-21-22-4-3-5-26(20-22)32-18-16-31(17-19-32)15-2-1-14-30-28(34)25-8-6-23(7-9-25)24-10-12-27(33)13-11-24/h3-13,20,33H,1-2,14-19H2,(H,30,34). The minimum Gasteiger partial charge on any atom is -0.508 e. The van der Waals surface area contributed by atoms with Gasteiger partial charge in [-0.15, -0.1) is 0 Å². The van der Waals surface area contributed by atoms with E-state index in [0.29, 0.717) is 17.7 Å². The molecule has 1 aliphatic heterocycles. The third-order valence-corrected chi connectivity index (χ3v) is 6.25. The third-order valence-electron chi connectivity index (χ3n) is 6.25. The Kier molecular flexibility index (Phi) is 7.79. The van der Waals surface area contributed by atoms with E-state index < -0.39 is 0 Å². The highest BCUT2D eigenvalue weighted by Gasteiger charge is 2.17. The van der Waals surface area contributed by atoms with Gasteiger partial charge < -0.3 is 15.3 Å². The Hall–Kier alpha value is -3.82. The molecule has 3 aromatic rings. The van der Waals surface area contributed by atoms with Gasteiger partial charge in [0.15, 0.2) is 0 Å². The van der Waals surface area contributed by atoms with Crippen LogP contribution in [-0.2, 0) is 0 Å². The van der Waals surface area contributed by atoms with E-state index in [0.717, 1.165) is 62.4 Å². The number of phenols is 1. The van der Waals surface area contributed by atoms with Crippen molar-refractivity contribution in [2.45, 2.75) is 12.8 Å². The predicted octanol–water partition coefficient (Wildman–Crippen LogP) is 4.26. The number of nitrogens with one attached hydrogen (secondary N) is 1. The van der Waals surface area contributed by atoms with Gasteiger partial charge in [0.2, 0.25) is 0 Å². The number of benzene rings is 3. The molecule has 0 atom stereocenters. The molecule has 0 radical (unpaired) electrons. The van der Waals surface area contributed by atoms with Crippen LogP contribution in [0.15, 0.2) is 72.8 Å². The summed E-state index contributed by atoms with van der Waals surface area (Å²) in [6, 6.07) is 24.6. The predicted molar refractivity (Wildman–Crippen MR) is 135 cm³/mol. The summed E-state index contributed by atoms with van der Waals surface area (Å²) in [6.07, 6.45) is 1.99. The molecular weight excluding hydrogens is 424 g/mol. The molecule has 1 saturated heterocycles. The first-order valence-electron chi connectivity index (χ1n) is 11.8. The van der Waals surface area contributed by atoms with E-state index in [1.807, 2.05) is 54.6 Å². The van der Waals surface area contributed by atoms with Gasteiger partial charge in [-0.25, -0.2) is 0 Å². The van der Waals surface area contributed by atoms with Crippen molar-refractivity contribution in [1.82, 2.24) is 10.2 Å². The number of phenolic OH excluding ortho intramolecular Hbond substituents is 1. The zero-order chi connectivity index (χ0) is 23.8. The second kappa shape index (κ2) is 11.4. The Labute approximate surface area is 201 Å². The summed E-state index contributed by atoms with van der Waals surface area (Å²) in [6.45, 7) is 5.65. The maximum atomic E-state index is 12.4. The third kappa shape index (κ3) is 6.15. The Morgan fingerprint density at radius 2 is 1.59 bits per heavy atom. The molecule has 1 amide bonds. The van der Waals surface area contributed by atoms with Crippen LogP contribution in [-0.4, -0.2) is 55.2 Å². The van der Waals surface area contributed by atoms with Gasteiger partial charge in [-0.2, -0.15) is 5.26 Å². The van der Waals surface area contributed by atoms with E-state index in [4.69, 9.17) is 5.26 Å². The minimum absolute atomic E-state index is 0.0505. The highest BCUT2D eigenvalue weighted by atomic mass is 16.3. The average molecular weight is 455 g/mol. The normalized spacial score (nSPS) is 13.9. The molecule has 34 heavy (non-hydrogen) atoms.